The van der Waals surface area contributed by atoms with Gasteiger partial charge in [0.05, 0.1) is 6.61 Å². The second-order valence-electron chi connectivity index (χ2n) is 4.99. The average molecular weight is 258 g/mol. The van der Waals surface area contributed by atoms with Gasteiger partial charge in [0.25, 0.3) is 0 Å². The summed E-state index contributed by atoms with van der Waals surface area (Å²) in [6.45, 7) is 5.25. The van der Waals surface area contributed by atoms with Gasteiger partial charge in [0.1, 0.15) is 12.6 Å². The highest BCUT2D eigenvalue weighted by Gasteiger charge is 2.36. The van der Waals surface area contributed by atoms with Crippen LogP contribution in [-0.4, -0.2) is 71.6 Å². The molecule has 2 saturated heterocycles. The lowest BCUT2D eigenvalue weighted by Gasteiger charge is -2.33. The monoisotopic (exact) mass is 258 g/mol. The fraction of sp³-hybridized carbons (Fsp3) is 0.818. The molecule has 0 aliphatic carbocycles. The Morgan fingerprint density at radius 1 is 1.50 bits per heavy atom. The van der Waals surface area contributed by atoms with E-state index in [0.29, 0.717) is 26.2 Å². The number of hydrogen-bond donors (Lipinski definition) is 1. The third kappa shape index (κ3) is 2.91. The van der Waals surface area contributed by atoms with E-state index in [2.05, 4.69) is 0 Å². The number of nitrogens with zero attached hydrogens (tertiary/aromatic N) is 2. The number of amides is 2. The molecule has 0 radical (unpaired) electrons. The zero-order valence-electron chi connectivity index (χ0n) is 10.6. The van der Waals surface area contributed by atoms with Crippen molar-refractivity contribution in [2.45, 2.75) is 25.7 Å². The van der Waals surface area contributed by atoms with E-state index in [1.165, 1.54) is 0 Å². The Bertz CT molecular complexity index is 357. The van der Waals surface area contributed by atoms with Gasteiger partial charge in [0.2, 0.25) is 5.91 Å². The molecule has 7 heteroatoms. The number of hydrogen-bond acceptors (Lipinski definition) is 4. The van der Waals surface area contributed by atoms with Crippen molar-refractivity contribution in [2.24, 2.45) is 0 Å². The standard InChI is InChI=1S/C11H18N2O5/c1-11(2)17-7-8(18-11)5-12-3-4-13(10(15)16)6-9(12)14/h8H,3-7H2,1-2H3,(H,15,16). The van der Waals surface area contributed by atoms with Crippen molar-refractivity contribution in [1.29, 1.82) is 0 Å². The molecule has 2 amide bonds. The minimum atomic E-state index is -1.05. The molecule has 2 aliphatic rings. The Labute approximate surface area is 105 Å². The molecule has 0 bridgehead atoms. The van der Waals surface area contributed by atoms with Crippen LogP contribution in [0.25, 0.3) is 0 Å². The Morgan fingerprint density at radius 2 is 2.22 bits per heavy atom. The molecular formula is C11H18N2O5. The van der Waals surface area contributed by atoms with Crippen LogP contribution in [0.5, 0.6) is 0 Å². The van der Waals surface area contributed by atoms with Gasteiger partial charge in [-0.1, -0.05) is 0 Å². The summed E-state index contributed by atoms with van der Waals surface area (Å²) in [6, 6.07) is 0. The van der Waals surface area contributed by atoms with Crippen LogP contribution in [0.3, 0.4) is 0 Å². The van der Waals surface area contributed by atoms with E-state index < -0.39 is 11.9 Å². The predicted molar refractivity (Wildman–Crippen MR) is 61.1 cm³/mol. The summed E-state index contributed by atoms with van der Waals surface area (Å²) in [7, 11) is 0. The molecule has 1 unspecified atom stereocenters. The van der Waals surface area contributed by atoms with Gasteiger partial charge in [-0.3, -0.25) is 9.69 Å². The summed E-state index contributed by atoms with van der Waals surface area (Å²) in [5.41, 5.74) is 0. The van der Waals surface area contributed by atoms with Gasteiger partial charge in [-0.2, -0.15) is 0 Å². The van der Waals surface area contributed by atoms with Gasteiger partial charge in [-0.15, -0.1) is 0 Å². The molecule has 18 heavy (non-hydrogen) atoms. The first kappa shape index (κ1) is 13.1. The van der Waals surface area contributed by atoms with Crippen molar-refractivity contribution >= 4 is 12.0 Å². The number of carbonyl (C=O) groups excluding carboxylic acids is 1. The Hall–Kier alpha value is -1.34. The SMILES string of the molecule is CC1(C)OCC(CN2CCN(C(=O)O)CC2=O)O1. The van der Waals surface area contributed by atoms with Crippen molar-refractivity contribution in [3.63, 3.8) is 0 Å². The summed E-state index contributed by atoms with van der Waals surface area (Å²) in [5.74, 6) is -0.784. The van der Waals surface area contributed by atoms with Crippen LogP contribution >= 0.6 is 0 Å². The summed E-state index contributed by atoms with van der Waals surface area (Å²) < 4.78 is 11.1. The van der Waals surface area contributed by atoms with Gasteiger partial charge in [-0.05, 0) is 13.8 Å². The number of carboxylic acid groups (broad SMARTS) is 1. The average Bonchev–Trinajstić information content (AvgIpc) is 2.61. The molecule has 0 aromatic heterocycles. The lowest BCUT2D eigenvalue weighted by molar-refractivity contribution is -0.148. The van der Waals surface area contributed by atoms with Crippen LogP contribution in [0.1, 0.15) is 13.8 Å². The zero-order chi connectivity index (χ0) is 13.3. The van der Waals surface area contributed by atoms with Crippen molar-refractivity contribution in [3.8, 4) is 0 Å². The molecule has 0 aromatic carbocycles. The summed E-state index contributed by atoms with van der Waals surface area (Å²) in [5, 5.41) is 8.81. The summed E-state index contributed by atoms with van der Waals surface area (Å²) in [6.07, 6.45) is -1.19. The highest BCUT2D eigenvalue weighted by atomic mass is 16.7. The molecule has 0 aromatic rings. The van der Waals surface area contributed by atoms with E-state index in [4.69, 9.17) is 14.6 Å². The van der Waals surface area contributed by atoms with Gasteiger partial charge in [0.15, 0.2) is 5.79 Å². The highest BCUT2D eigenvalue weighted by molar-refractivity contribution is 5.83. The van der Waals surface area contributed by atoms with Gasteiger partial charge < -0.3 is 19.5 Å². The molecule has 0 saturated carbocycles. The third-order valence-electron chi connectivity index (χ3n) is 3.08. The van der Waals surface area contributed by atoms with Crippen molar-refractivity contribution in [1.82, 2.24) is 9.80 Å². The molecule has 2 heterocycles. The van der Waals surface area contributed by atoms with Crippen LogP contribution in [0, 0.1) is 0 Å². The van der Waals surface area contributed by atoms with Crippen molar-refractivity contribution in [3.05, 3.63) is 0 Å². The normalized spacial score (nSPS) is 27.7. The van der Waals surface area contributed by atoms with Crippen LogP contribution in [0.15, 0.2) is 0 Å². The molecular weight excluding hydrogens is 240 g/mol. The second kappa shape index (κ2) is 4.74. The van der Waals surface area contributed by atoms with Gasteiger partial charge in [0, 0.05) is 19.6 Å². The lowest BCUT2D eigenvalue weighted by atomic mass is 10.2. The topological polar surface area (TPSA) is 79.3 Å². The lowest BCUT2D eigenvalue weighted by Crippen LogP contribution is -2.53. The smallest absolute Gasteiger partial charge is 0.407 e. The molecule has 2 aliphatic heterocycles. The highest BCUT2D eigenvalue weighted by Crippen LogP contribution is 2.23. The zero-order valence-corrected chi connectivity index (χ0v) is 10.6. The number of carbonyl (C=O) groups is 2. The molecule has 0 spiro atoms. The minimum absolute atomic E-state index is 0.0771. The predicted octanol–water partition coefficient (Wildman–Crippen LogP) is -0.0399. The molecule has 1 N–H and O–H groups in total. The minimum Gasteiger partial charge on any atom is -0.465 e. The summed E-state index contributed by atoms with van der Waals surface area (Å²) >= 11 is 0. The fourth-order valence-corrected chi connectivity index (χ4v) is 2.16. The quantitative estimate of drug-likeness (QED) is 0.752. The number of piperazine rings is 1. The summed E-state index contributed by atoms with van der Waals surface area (Å²) in [4.78, 5) is 25.3. The van der Waals surface area contributed by atoms with E-state index in [-0.39, 0.29) is 18.6 Å². The Balaban J connectivity index is 1.85. The Kier molecular flexibility index (Phi) is 3.45. The van der Waals surface area contributed by atoms with Crippen LogP contribution in [0.4, 0.5) is 4.79 Å². The van der Waals surface area contributed by atoms with Gasteiger partial charge >= 0.3 is 6.09 Å². The maximum Gasteiger partial charge on any atom is 0.407 e. The maximum atomic E-state index is 11.8. The van der Waals surface area contributed by atoms with E-state index in [0.717, 1.165) is 4.90 Å². The van der Waals surface area contributed by atoms with Crippen molar-refractivity contribution in [2.75, 3.05) is 32.8 Å². The number of rotatable bonds is 2. The first-order valence-corrected chi connectivity index (χ1v) is 5.95. The first-order chi connectivity index (χ1) is 8.37. The fourth-order valence-electron chi connectivity index (χ4n) is 2.16. The second-order valence-corrected chi connectivity index (χ2v) is 4.99. The molecule has 7 nitrogen and oxygen atoms in total. The number of ether oxygens (including phenoxy) is 2. The van der Waals surface area contributed by atoms with Crippen molar-refractivity contribution < 1.29 is 24.2 Å². The molecule has 2 fully saturated rings. The third-order valence-corrected chi connectivity index (χ3v) is 3.08. The first-order valence-electron chi connectivity index (χ1n) is 5.95. The maximum absolute atomic E-state index is 11.8. The van der Waals surface area contributed by atoms with E-state index in [9.17, 15) is 9.59 Å². The molecule has 102 valence electrons. The van der Waals surface area contributed by atoms with E-state index in [1.807, 2.05) is 13.8 Å². The van der Waals surface area contributed by atoms with Crippen LogP contribution in [0.2, 0.25) is 0 Å². The van der Waals surface area contributed by atoms with Crippen LogP contribution < -0.4 is 0 Å². The molecule has 2 rings (SSSR count). The van der Waals surface area contributed by atoms with Gasteiger partial charge in [-0.25, -0.2) is 4.79 Å². The van der Waals surface area contributed by atoms with Crippen LogP contribution in [-0.2, 0) is 14.3 Å². The van der Waals surface area contributed by atoms with E-state index >= 15 is 0 Å². The largest absolute Gasteiger partial charge is 0.465 e. The Morgan fingerprint density at radius 3 is 2.72 bits per heavy atom. The molecule has 1 atom stereocenters. The van der Waals surface area contributed by atoms with E-state index in [1.54, 1.807) is 4.90 Å².